The maximum atomic E-state index is 13.6. The molecule has 0 bridgehead atoms. The molecule has 0 N–H and O–H groups in total. The minimum Gasteiger partial charge on any atom is -0.444 e. The van der Waals surface area contributed by atoms with Gasteiger partial charge in [-0.3, -0.25) is 14.5 Å². The Morgan fingerprint density at radius 2 is 1.89 bits per heavy atom. The summed E-state index contributed by atoms with van der Waals surface area (Å²) < 4.78 is 30.8. The van der Waals surface area contributed by atoms with Gasteiger partial charge in [-0.05, 0) is 43.4 Å². The standard InChI is InChI=1S/C26H29N3O5S3/c30-23(17-29-25(31)22(36-26(29)35)15-19-7-3-1-4-8-19)28(20-11-14-37(32,33)18-20)16-21-9-10-24(34-21)27-12-5-2-6-13-27/h1,3-4,7-10,15,20H,2,5-6,11-14,16-18H2/b22-15-. The first kappa shape index (κ1) is 26.0. The summed E-state index contributed by atoms with van der Waals surface area (Å²) in [5.41, 5.74) is 0.870. The van der Waals surface area contributed by atoms with E-state index in [1.807, 2.05) is 42.5 Å². The number of thioether (sulfide) groups is 1. The van der Waals surface area contributed by atoms with Crippen molar-refractivity contribution >= 4 is 61.9 Å². The normalized spacial score (nSPS) is 22.7. The molecule has 2 aromatic rings. The van der Waals surface area contributed by atoms with Crippen LogP contribution in [0.15, 0.2) is 51.8 Å². The van der Waals surface area contributed by atoms with Crippen molar-refractivity contribution in [3.63, 3.8) is 0 Å². The van der Waals surface area contributed by atoms with Crippen molar-refractivity contribution in [3.05, 3.63) is 58.7 Å². The van der Waals surface area contributed by atoms with E-state index in [1.54, 1.807) is 11.0 Å². The molecule has 4 heterocycles. The molecule has 3 saturated heterocycles. The highest BCUT2D eigenvalue weighted by molar-refractivity contribution is 8.26. The third-order valence-electron chi connectivity index (χ3n) is 6.88. The lowest BCUT2D eigenvalue weighted by molar-refractivity contribution is -0.137. The number of amides is 2. The van der Waals surface area contributed by atoms with E-state index in [2.05, 4.69) is 4.90 Å². The van der Waals surface area contributed by atoms with Gasteiger partial charge in [-0.1, -0.05) is 54.3 Å². The fraction of sp³-hybridized carbons (Fsp3) is 0.423. The van der Waals surface area contributed by atoms with Crippen LogP contribution in [0.1, 0.15) is 37.0 Å². The Balaban J connectivity index is 1.32. The molecule has 2 amide bonds. The number of carbonyl (C=O) groups is 2. The van der Waals surface area contributed by atoms with Crippen molar-refractivity contribution in [3.8, 4) is 0 Å². The zero-order valence-electron chi connectivity index (χ0n) is 20.4. The van der Waals surface area contributed by atoms with Gasteiger partial charge >= 0.3 is 0 Å². The fourth-order valence-electron chi connectivity index (χ4n) is 4.91. The van der Waals surface area contributed by atoms with Crippen molar-refractivity contribution in [2.24, 2.45) is 0 Å². The number of carbonyl (C=O) groups excluding carboxylic acids is 2. The molecule has 11 heteroatoms. The van der Waals surface area contributed by atoms with Crippen LogP contribution in [0.5, 0.6) is 0 Å². The van der Waals surface area contributed by atoms with Crippen LogP contribution in [0.2, 0.25) is 0 Å². The number of nitrogens with zero attached hydrogens (tertiary/aromatic N) is 3. The summed E-state index contributed by atoms with van der Waals surface area (Å²) in [4.78, 5) is 32.2. The number of rotatable bonds is 7. The van der Waals surface area contributed by atoms with E-state index in [-0.39, 0.29) is 36.4 Å². The van der Waals surface area contributed by atoms with E-state index in [1.165, 1.54) is 11.3 Å². The number of furan rings is 1. The zero-order chi connectivity index (χ0) is 26.0. The van der Waals surface area contributed by atoms with Crippen LogP contribution in [-0.4, -0.2) is 71.5 Å². The molecule has 196 valence electrons. The highest BCUT2D eigenvalue weighted by atomic mass is 32.2. The molecule has 1 aromatic carbocycles. The van der Waals surface area contributed by atoms with E-state index < -0.39 is 15.9 Å². The Kier molecular flexibility index (Phi) is 7.73. The average molecular weight is 560 g/mol. The van der Waals surface area contributed by atoms with Gasteiger partial charge in [-0.25, -0.2) is 8.42 Å². The SMILES string of the molecule is O=C1/C(=C/c2ccccc2)SC(=S)N1CC(=O)N(Cc1ccc(N2CCCCC2)o1)C1CCS(=O)(=O)C1. The third kappa shape index (κ3) is 6.10. The monoisotopic (exact) mass is 559 g/mol. The minimum atomic E-state index is -3.22. The maximum absolute atomic E-state index is 13.6. The van der Waals surface area contributed by atoms with Gasteiger partial charge in [0, 0.05) is 25.2 Å². The lowest BCUT2D eigenvalue weighted by Crippen LogP contribution is -2.46. The van der Waals surface area contributed by atoms with E-state index in [4.69, 9.17) is 16.6 Å². The summed E-state index contributed by atoms with van der Waals surface area (Å²) in [7, 11) is -3.22. The summed E-state index contributed by atoms with van der Waals surface area (Å²) in [6.07, 6.45) is 5.56. The van der Waals surface area contributed by atoms with Crippen LogP contribution in [-0.2, 0) is 26.0 Å². The first-order chi connectivity index (χ1) is 17.8. The molecule has 37 heavy (non-hydrogen) atoms. The number of piperidine rings is 1. The lowest BCUT2D eigenvalue weighted by Gasteiger charge is -2.29. The van der Waals surface area contributed by atoms with Gasteiger partial charge in [0.25, 0.3) is 5.91 Å². The smallest absolute Gasteiger partial charge is 0.266 e. The zero-order valence-corrected chi connectivity index (χ0v) is 22.8. The topological polar surface area (TPSA) is 91.1 Å². The molecule has 3 aliphatic rings. The van der Waals surface area contributed by atoms with Crippen LogP contribution < -0.4 is 4.90 Å². The summed E-state index contributed by atoms with van der Waals surface area (Å²) in [5, 5.41) is 0. The van der Waals surface area contributed by atoms with Crippen LogP contribution in [0.4, 0.5) is 5.88 Å². The predicted molar refractivity (Wildman–Crippen MR) is 149 cm³/mol. The van der Waals surface area contributed by atoms with E-state index in [0.29, 0.717) is 21.4 Å². The quantitative estimate of drug-likeness (QED) is 0.375. The highest BCUT2D eigenvalue weighted by Gasteiger charge is 2.39. The Hall–Kier alpha value is -2.63. The van der Waals surface area contributed by atoms with Gasteiger partial charge in [0.1, 0.15) is 16.6 Å². The molecule has 1 atom stereocenters. The van der Waals surface area contributed by atoms with Crippen LogP contribution in [0.25, 0.3) is 6.08 Å². The van der Waals surface area contributed by atoms with E-state index in [0.717, 1.165) is 49.1 Å². The van der Waals surface area contributed by atoms with Crippen molar-refractivity contribution < 1.29 is 22.4 Å². The van der Waals surface area contributed by atoms with Gasteiger partial charge in [0.2, 0.25) is 5.91 Å². The van der Waals surface area contributed by atoms with Gasteiger partial charge < -0.3 is 14.2 Å². The second-order valence-corrected chi connectivity index (χ2v) is 13.4. The molecule has 0 radical (unpaired) electrons. The third-order valence-corrected chi connectivity index (χ3v) is 10.0. The Morgan fingerprint density at radius 3 is 2.59 bits per heavy atom. The summed E-state index contributed by atoms with van der Waals surface area (Å²) in [5.74, 6) is 0.633. The number of benzene rings is 1. The molecule has 1 aromatic heterocycles. The Bertz CT molecular complexity index is 1320. The van der Waals surface area contributed by atoms with Crippen LogP contribution >= 0.6 is 24.0 Å². The van der Waals surface area contributed by atoms with Gasteiger partial charge in [0.05, 0.1) is 23.0 Å². The molecule has 3 fully saturated rings. The van der Waals surface area contributed by atoms with Crippen molar-refractivity contribution in [2.75, 3.05) is 36.0 Å². The second kappa shape index (κ2) is 11.0. The lowest BCUT2D eigenvalue weighted by atomic mass is 10.1. The number of anilines is 1. The predicted octanol–water partition coefficient (Wildman–Crippen LogP) is 3.69. The number of thiocarbonyl (C=S) groups is 1. The average Bonchev–Trinajstić information content (AvgIpc) is 3.58. The van der Waals surface area contributed by atoms with Gasteiger partial charge in [-0.2, -0.15) is 0 Å². The van der Waals surface area contributed by atoms with E-state index >= 15 is 0 Å². The maximum Gasteiger partial charge on any atom is 0.266 e. The minimum absolute atomic E-state index is 0.0412. The van der Waals surface area contributed by atoms with Crippen molar-refractivity contribution in [1.82, 2.24) is 9.80 Å². The first-order valence-electron chi connectivity index (χ1n) is 12.4. The number of hydrogen-bond acceptors (Lipinski definition) is 8. The van der Waals surface area contributed by atoms with Crippen molar-refractivity contribution in [1.29, 1.82) is 0 Å². The highest BCUT2D eigenvalue weighted by Crippen LogP contribution is 2.33. The summed E-state index contributed by atoms with van der Waals surface area (Å²) in [6.45, 7) is 1.76. The Morgan fingerprint density at radius 1 is 1.14 bits per heavy atom. The largest absolute Gasteiger partial charge is 0.444 e. The summed E-state index contributed by atoms with van der Waals surface area (Å²) in [6, 6.07) is 12.7. The second-order valence-electron chi connectivity index (χ2n) is 9.54. The molecule has 0 aliphatic carbocycles. The Labute approximate surface area is 226 Å². The molecule has 0 spiro atoms. The number of sulfone groups is 1. The first-order valence-corrected chi connectivity index (χ1v) is 15.5. The molecular formula is C26H29N3O5S3. The van der Waals surface area contributed by atoms with Gasteiger partial charge in [-0.15, -0.1) is 0 Å². The van der Waals surface area contributed by atoms with Gasteiger partial charge in [0.15, 0.2) is 15.7 Å². The molecule has 1 unspecified atom stereocenters. The van der Waals surface area contributed by atoms with Crippen LogP contribution in [0.3, 0.4) is 0 Å². The number of hydrogen-bond donors (Lipinski definition) is 0. The summed E-state index contributed by atoms with van der Waals surface area (Å²) >= 11 is 6.59. The van der Waals surface area contributed by atoms with Crippen LogP contribution in [0, 0.1) is 0 Å². The molecule has 3 aliphatic heterocycles. The molecule has 5 rings (SSSR count). The van der Waals surface area contributed by atoms with E-state index in [9.17, 15) is 18.0 Å². The molecular weight excluding hydrogens is 531 g/mol. The molecule has 0 saturated carbocycles. The van der Waals surface area contributed by atoms with Crippen molar-refractivity contribution in [2.45, 2.75) is 38.3 Å². The fourth-order valence-corrected chi connectivity index (χ4v) is 7.89. The molecule has 8 nitrogen and oxygen atoms in total.